The van der Waals surface area contributed by atoms with Crippen LogP contribution in [-0.2, 0) is 6.61 Å². The number of nitriles is 1. The van der Waals surface area contributed by atoms with Crippen molar-refractivity contribution in [2.45, 2.75) is 13.5 Å². The summed E-state index contributed by atoms with van der Waals surface area (Å²) in [5.41, 5.74) is 9.93. The molecule has 0 heterocycles. The number of aliphatic hydroxyl groups is 1. The molecule has 6 heteroatoms. The Morgan fingerprint density at radius 1 is 1.65 bits per heavy atom. The number of nitrogens with two attached hydrogens (primary N) is 1. The van der Waals surface area contributed by atoms with Gasteiger partial charge >= 0.3 is 0 Å². The van der Waals surface area contributed by atoms with Gasteiger partial charge in [-0.15, -0.1) is 0 Å². The molecule has 88 valence electrons. The zero-order chi connectivity index (χ0) is 12.8. The highest BCUT2D eigenvalue weighted by Crippen LogP contribution is 2.16. The molecule has 0 aliphatic carbocycles. The summed E-state index contributed by atoms with van der Waals surface area (Å²) in [6.45, 7) is 1.79. The van der Waals surface area contributed by atoms with Gasteiger partial charge in [0, 0.05) is 0 Å². The SMILES string of the molecule is Cc1ccc(CO)cc1N/N=C(\C#N)C(=N)N. The van der Waals surface area contributed by atoms with Crippen molar-refractivity contribution in [2.24, 2.45) is 10.8 Å². The zero-order valence-electron chi connectivity index (χ0n) is 9.36. The van der Waals surface area contributed by atoms with Gasteiger partial charge in [-0.2, -0.15) is 10.4 Å². The van der Waals surface area contributed by atoms with Crippen LogP contribution >= 0.6 is 0 Å². The maximum Gasteiger partial charge on any atom is 0.201 e. The third-order valence-corrected chi connectivity index (χ3v) is 2.13. The van der Waals surface area contributed by atoms with Gasteiger partial charge in [-0.3, -0.25) is 10.8 Å². The molecular weight excluding hydrogens is 218 g/mol. The second-order valence-electron chi connectivity index (χ2n) is 3.41. The van der Waals surface area contributed by atoms with Gasteiger partial charge in [0.1, 0.15) is 6.07 Å². The number of nitrogens with one attached hydrogen (secondary N) is 2. The third-order valence-electron chi connectivity index (χ3n) is 2.13. The van der Waals surface area contributed by atoms with Crippen LogP contribution in [-0.4, -0.2) is 16.7 Å². The number of amidine groups is 1. The Hall–Kier alpha value is -2.39. The number of aliphatic hydroxyl groups excluding tert-OH is 1. The second-order valence-corrected chi connectivity index (χ2v) is 3.41. The van der Waals surface area contributed by atoms with Crippen molar-refractivity contribution in [3.05, 3.63) is 29.3 Å². The first kappa shape index (κ1) is 12.7. The van der Waals surface area contributed by atoms with E-state index in [1.807, 2.05) is 13.0 Å². The van der Waals surface area contributed by atoms with Crippen molar-refractivity contribution in [3.63, 3.8) is 0 Å². The summed E-state index contributed by atoms with van der Waals surface area (Å²) >= 11 is 0. The lowest BCUT2D eigenvalue weighted by Crippen LogP contribution is -2.21. The fourth-order valence-electron chi connectivity index (χ4n) is 1.15. The number of hydrogen-bond donors (Lipinski definition) is 4. The molecule has 0 radical (unpaired) electrons. The van der Waals surface area contributed by atoms with Crippen LogP contribution in [0.1, 0.15) is 11.1 Å². The number of anilines is 1. The molecule has 5 N–H and O–H groups in total. The minimum absolute atomic E-state index is 0.0729. The van der Waals surface area contributed by atoms with Crippen molar-refractivity contribution in [3.8, 4) is 6.07 Å². The molecule has 1 aromatic rings. The fraction of sp³-hybridized carbons (Fsp3) is 0.182. The molecule has 17 heavy (non-hydrogen) atoms. The van der Waals surface area contributed by atoms with E-state index in [1.165, 1.54) is 0 Å². The van der Waals surface area contributed by atoms with Crippen LogP contribution in [0.25, 0.3) is 0 Å². The van der Waals surface area contributed by atoms with Crippen LogP contribution in [0.15, 0.2) is 23.3 Å². The van der Waals surface area contributed by atoms with Crippen molar-refractivity contribution in [2.75, 3.05) is 5.43 Å². The van der Waals surface area contributed by atoms with E-state index in [2.05, 4.69) is 10.5 Å². The van der Waals surface area contributed by atoms with Crippen molar-refractivity contribution >= 4 is 17.2 Å². The van der Waals surface area contributed by atoms with Crippen LogP contribution in [0.3, 0.4) is 0 Å². The standard InChI is InChI=1S/C11H13N5O/c1-7-2-3-8(6-17)4-9(7)15-16-10(5-12)11(13)14/h2-4,15,17H,6H2,1H3,(H3,13,14)/b16-10+. The average Bonchev–Trinajstić information content (AvgIpc) is 2.31. The monoisotopic (exact) mass is 231 g/mol. The highest BCUT2D eigenvalue weighted by molar-refractivity contribution is 6.45. The van der Waals surface area contributed by atoms with E-state index in [0.717, 1.165) is 11.1 Å². The molecule has 0 fully saturated rings. The molecular formula is C11H13N5O. The predicted molar refractivity (Wildman–Crippen MR) is 65.7 cm³/mol. The summed E-state index contributed by atoms with van der Waals surface area (Å²) in [4.78, 5) is 0. The van der Waals surface area contributed by atoms with Gasteiger partial charge in [-0.05, 0) is 24.1 Å². The Morgan fingerprint density at radius 2 is 2.35 bits per heavy atom. The van der Waals surface area contributed by atoms with Gasteiger partial charge in [-0.1, -0.05) is 12.1 Å². The highest BCUT2D eigenvalue weighted by Gasteiger charge is 2.03. The maximum absolute atomic E-state index is 8.99. The molecule has 6 nitrogen and oxygen atoms in total. The minimum atomic E-state index is -0.393. The Bertz CT molecular complexity index is 501. The molecule has 1 rings (SSSR count). The number of rotatable bonds is 4. The molecule has 0 spiro atoms. The molecule has 0 aromatic heterocycles. The first-order valence-electron chi connectivity index (χ1n) is 4.87. The number of aryl methyl sites for hydroxylation is 1. The van der Waals surface area contributed by atoms with Gasteiger partial charge < -0.3 is 10.8 Å². The van der Waals surface area contributed by atoms with Gasteiger partial charge in [0.2, 0.25) is 5.71 Å². The number of hydrogen-bond acceptors (Lipinski definition) is 5. The summed E-state index contributed by atoms with van der Waals surface area (Å²) < 4.78 is 0. The van der Waals surface area contributed by atoms with Gasteiger partial charge in [0.25, 0.3) is 0 Å². The number of nitrogens with zero attached hydrogens (tertiary/aromatic N) is 2. The van der Waals surface area contributed by atoms with Crippen LogP contribution in [0.5, 0.6) is 0 Å². The molecule has 0 aliphatic rings. The van der Waals surface area contributed by atoms with Crippen LogP contribution in [0, 0.1) is 23.7 Å². The topological polar surface area (TPSA) is 118 Å². The maximum atomic E-state index is 8.99. The zero-order valence-corrected chi connectivity index (χ0v) is 9.36. The van der Waals surface area contributed by atoms with E-state index in [1.54, 1.807) is 18.2 Å². The average molecular weight is 231 g/mol. The summed E-state index contributed by atoms with van der Waals surface area (Å²) in [5.74, 6) is -0.393. The van der Waals surface area contributed by atoms with E-state index in [0.29, 0.717) is 5.69 Å². The van der Waals surface area contributed by atoms with Gasteiger partial charge in [0.15, 0.2) is 5.84 Å². The summed E-state index contributed by atoms with van der Waals surface area (Å²) in [5, 5.41) is 28.5. The smallest absolute Gasteiger partial charge is 0.201 e. The van der Waals surface area contributed by atoms with Crippen LogP contribution < -0.4 is 11.2 Å². The largest absolute Gasteiger partial charge is 0.392 e. The summed E-state index contributed by atoms with van der Waals surface area (Å²) in [7, 11) is 0. The molecule has 1 aromatic carbocycles. The predicted octanol–water partition coefficient (Wildman–Crippen LogP) is 0.715. The minimum Gasteiger partial charge on any atom is -0.392 e. The molecule has 0 bridgehead atoms. The lowest BCUT2D eigenvalue weighted by molar-refractivity contribution is 0.282. The number of hydrazone groups is 1. The first-order valence-corrected chi connectivity index (χ1v) is 4.87. The Balaban J connectivity index is 2.96. The lowest BCUT2D eigenvalue weighted by Gasteiger charge is -2.07. The molecule has 0 aliphatic heterocycles. The van der Waals surface area contributed by atoms with Gasteiger partial charge in [0.05, 0.1) is 12.3 Å². The van der Waals surface area contributed by atoms with Crippen LogP contribution in [0.2, 0.25) is 0 Å². The van der Waals surface area contributed by atoms with Crippen molar-refractivity contribution in [1.82, 2.24) is 0 Å². The number of benzene rings is 1. The second kappa shape index (κ2) is 5.63. The first-order chi connectivity index (χ1) is 8.08. The van der Waals surface area contributed by atoms with E-state index in [4.69, 9.17) is 21.5 Å². The molecule has 0 amide bonds. The van der Waals surface area contributed by atoms with E-state index in [-0.39, 0.29) is 12.3 Å². The normalized spacial score (nSPS) is 10.8. The van der Waals surface area contributed by atoms with Crippen molar-refractivity contribution in [1.29, 1.82) is 10.7 Å². The quantitative estimate of drug-likeness (QED) is 0.346. The molecule has 0 unspecified atom stereocenters. The van der Waals surface area contributed by atoms with E-state index >= 15 is 0 Å². The fourth-order valence-corrected chi connectivity index (χ4v) is 1.15. The molecule has 0 atom stereocenters. The molecule has 0 saturated heterocycles. The molecule has 0 saturated carbocycles. The van der Waals surface area contributed by atoms with Crippen LogP contribution in [0.4, 0.5) is 5.69 Å². The van der Waals surface area contributed by atoms with E-state index < -0.39 is 5.84 Å². The third kappa shape index (κ3) is 3.29. The van der Waals surface area contributed by atoms with Crippen molar-refractivity contribution < 1.29 is 5.11 Å². The summed E-state index contributed by atoms with van der Waals surface area (Å²) in [6, 6.07) is 7.04. The Kier molecular flexibility index (Phi) is 4.20. The Morgan fingerprint density at radius 3 is 2.88 bits per heavy atom. The highest BCUT2D eigenvalue weighted by atomic mass is 16.3. The Labute approximate surface area is 98.9 Å². The summed E-state index contributed by atoms with van der Waals surface area (Å²) in [6.07, 6.45) is 0. The van der Waals surface area contributed by atoms with Gasteiger partial charge in [-0.25, -0.2) is 0 Å². The lowest BCUT2D eigenvalue weighted by atomic mass is 10.1. The van der Waals surface area contributed by atoms with E-state index in [9.17, 15) is 0 Å².